The average Bonchev–Trinajstić information content (AvgIpc) is 2.74. The number of carbonyl (C=O) groups excluding carboxylic acids is 1. The second-order valence-electron chi connectivity index (χ2n) is 6.35. The highest BCUT2D eigenvalue weighted by Crippen LogP contribution is 2.13. The number of amides is 1. The number of carbonyl (C=O) groups is 1. The molecule has 0 aliphatic rings. The largest absolute Gasteiger partial charge is 0.321 e. The highest BCUT2D eigenvalue weighted by atomic mass is 32.2. The third-order valence-electron chi connectivity index (χ3n) is 4.05. The summed E-state index contributed by atoms with van der Waals surface area (Å²) in [7, 11) is -3.46. The van der Waals surface area contributed by atoms with Crippen molar-refractivity contribution in [3.8, 4) is 5.69 Å². The molecule has 3 aromatic rings. The third kappa shape index (κ3) is 5.49. The van der Waals surface area contributed by atoms with E-state index >= 15 is 0 Å². The molecule has 0 aliphatic carbocycles. The summed E-state index contributed by atoms with van der Waals surface area (Å²) in [6.45, 7) is 3.63. The molecule has 0 bridgehead atoms. The topological polar surface area (TPSA) is 110 Å². The molecule has 30 heavy (non-hydrogen) atoms. The van der Waals surface area contributed by atoms with E-state index in [0.29, 0.717) is 16.9 Å². The number of benzene rings is 2. The predicted octanol–water partition coefficient (Wildman–Crippen LogP) is 2.09. The van der Waals surface area contributed by atoms with Crippen LogP contribution in [0.1, 0.15) is 16.1 Å². The van der Waals surface area contributed by atoms with Crippen LogP contribution >= 0.6 is 0 Å². The highest BCUT2D eigenvalue weighted by Gasteiger charge is 2.13. The Kier molecular flexibility index (Phi) is 6.55. The normalized spacial score (nSPS) is 11.1. The van der Waals surface area contributed by atoms with Gasteiger partial charge in [-0.2, -0.15) is 9.78 Å². The molecule has 0 saturated carbocycles. The Balaban J connectivity index is 1.72. The Hall–Kier alpha value is -3.56. The van der Waals surface area contributed by atoms with Gasteiger partial charge in [-0.15, -0.1) is 6.58 Å². The summed E-state index contributed by atoms with van der Waals surface area (Å²) in [6, 6.07) is 17.8. The molecule has 0 atom stereocenters. The zero-order valence-electron chi connectivity index (χ0n) is 16.0. The molecule has 0 spiro atoms. The van der Waals surface area contributed by atoms with E-state index in [4.69, 9.17) is 0 Å². The van der Waals surface area contributed by atoms with E-state index in [1.54, 1.807) is 48.5 Å². The first-order chi connectivity index (χ1) is 14.4. The first kappa shape index (κ1) is 21.2. The van der Waals surface area contributed by atoms with Gasteiger partial charge >= 0.3 is 0 Å². The molecule has 154 valence electrons. The molecule has 2 aromatic carbocycles. The van der Waals surface area contributed by atoms with Gasteiger partial charge < -0.3 is 5.32 Å². The van der Waals surface area contributed by atoms with Gasteiger partial charge in [0.05, 0.1) is 11.4 Å². The Morgan fingerprint density at radius 2 is 1.73 bits per heavy atom. The smallest absolute Gasteiger partial charge is 0.276 e. The number of sulfonamides is 1. The Labute approximate surface area is 173 Å². The Morgan fingerprint density at radius 3 is 2.40 bits per heavy atom. The molecule has 0 fully saturated rings. The van der Waals surface area contributed by atoms with Crippen molar-refractivity contribution in [2.24, 2.45) is 0 Å². The lowest BCUT2D eigenvalue weighted by atomic mass is 10.2. The fraction of sp³-hybridized carbons (Fsp3) is 0.0952. The van der Waals surface area contributed by atoms with Crippen LogP contribution in [0.25, 0.3) is 5.69 Å². The second-order valence-corrected chi connectivity index (χ2v) is 8.16. The zero-order chi connectivity index (χ0) is 21.6. The minimum absolute atomic E-state index is 0.0683. The van der Waals surface area contributed by atoms with Crippen LogP contribution in [-0.2, 0) is 15.8 Å². The lowest BCUT2D eigenvalue weighted by molar-refractivity contribution is 0.102. The number of para-hydroxylation sites is 1. The van der Waals surface area contributed by atoms with Crippen molar-refractivity contribution < 1.29 is 13.2 Å². The number of rotatable bonds is 8. The highest BCUT2D eigenvalue weighted by molar-refractivity contribution is 7.88. The number of hydrogen-bond donors (Lipinski definition) is 2. The molecule has 3 rings (SSSR count). The summed E-state index contributed by atoms with van der Waals surface area (Å²) in [6.07, 6.45) is 1.46. The van der Waals surface area contributed by atoms with Gasteiger partial charge in [0.1, 0.15) is 5.69 Å². The first-order valence-corrected chi connectivity index (χ1v) is 10.7. The van der Waals surface area contributed by atoms with Crippen LogP contribution in [0.15, 0.2) is 84.2 Å². The van der Waals surface area contributed by atoms with E-state index in [2.05, 4.69) is 21.7 Å². The monoisotopic (exact) mass is 424 g/mol. The molecule has 0 saturated heterocycles. The van der Waals surface area contributed by atoms with E-state index in [0.717, 1.165) is 4.68 Å². The van der Waals surface area contributed by atoms with Gasteiger partial charge in [-0.25, -0.2) is 13.1 Å². The van der Waals surface area contributed by atoms with Crippen LogP contribution in [0.2, 0.25) is 0 Å². The van der Waals surface area contributed by atoms with Gasteiger partial charge in [0, 0.05) is 18.3 Å². The van der Waals surface area contributed by atoms with Gasteiger partial charge in [0.25, 0.3) is 11.5 Å². The van der Waals surface area contributed by atoms with E-state index in [1.165, 1.54) is 18.2 Å². The molecule has 1 aromatic heterocycles. The number of nitrogens with one attached hydrogen (secondary N) is 2. The van der Waals surface area contributed by atoms with Crippen molar-refractivity contribution in [1.82, 2.24) is 14.5 Å². The maximum absolute atomic E-state index is 12.5. The number of anilines is 1. The fourth-order valence-corrected chi connectivity index (χ4v) is 3.73. The van der Waals surface area contributed by atoms with Crippen LogP contribution in [0.4, 0.5) is 5.69 Å². The van der Waals surface area contributed by atoms with Gasteiger partial charge in [0.2, 0.25) is 10.0 Å². The van der Waals surface area contributed by atoms with Crippen molar-refractivity contribution in [3.63, 3.8) is 0 Å². The molecule has 2 N–H and O–H groups in total. The second kappa shape index (κ2) is 9.29. The Bertz CT molecular complexity index is 1200. The summed E-state index contributed by atoms with van der Waals surface area (Å²) in [5.74, 6) is -0.675. The summed E-state index contributed by atoms with van der Waals surface area (Å²) in [4.78, 5) is 24.6. The van der Waals surface area contributed by atoms with Crippen molar-refractivity contribution in [2.45, 2.75) is 5.75 Å². The molecular weight excluding hydrogens is 404 g/mol. The first-order valence-electron chi connectivity index (χ1n) is 9.02. The van der Waals surface area contributed by atoms with Gasteiger partial charge in [-0.05, 0) is 35.9 Å². The minimum Gasteiger partial charge on any atom is -0.321 e. The van der Waals surface area contributed by atoms with E-state index in [-0.39, 0.29) is 23.6 Å². The summed E-state index contributed by atoms with van der Waals surface area (Å²) < 4.78 is 27.4. The minimum atomic E-state index is -3.46. The van der Waals surface area contributed by atoms with Gasteiger partial charge in [0.15, 0.2) is 0 Å². The van der Waals surface area contributed by atoms with Crippen LogP contribution < -0.4 is 15.6 Å². The molecule has 1 heterocycles. The Morgan fingerprint density at radius 1 is 1.03 bits per heavy atom. The SMILES string of the molecule is C=CCNS(=O)(=O)Cc1ccc(NC(=O)c2ccc(=O)n(-c3ccccc3)n2)cc1. The molecule has 0 unspecified atom stereocenters. The standard InChI is InChI=1S/C21H20N4O4S/c1-2-14-22-30(28,29)15-16-8-10-17(11-9-16)23-21(27)19-12-13-20(26)25(24-19)18-6-4-3-5-7-18/h2-13,22H,1,14-15H2,(H,23,27). The summed E-state index contributed by atoms with van der Waals surface area (Å²) in [5.41, 5.74) is 1.31. The summed E-state index contributed by atoms with van der Waals surface area (Å²) in [5, 5.41) is 6.82. The van der Waals surface area contributed by atoms with E-state index < -0.39 is 15.9 Å². The maximum Gasteiger partial charge on any atom is 0.276 e. The molecule has 0 aliphatic heterocycles. The zero-order valence-corrected chi connectivity index (χ0v) is 16.8. The van der Waals surface area contributed by atoms with E-state index in [9.17, 15) is 18.0 Å². The number of hydrogen-bond acceptors (Lipinski definition) is 5. The maximum atomic E-state index is 12.5. The molecule has 9 heteroatoms. The van der Waals surface area contributed by atoms with Crippen molar-refractivity contribution in [2.75, 3.05) is 11.9 Å². The number of aromatic nitrogens is 2. The van der Waals surface area contributed by atoms with Crippen molar-refractivity contribution in [3.05, 3.63) is 101 Å². The average molecular weight is 424 g/mol. The van der Waals surface area contributed by atoms with Crippen molar-refractivity contribution >= 4 is 21.6 Å². The molecule has 8 nitrogen and oxygen atoms in total. The van der Waals surface area contributed by atoms with Gasteiger partial charge in [-0.1, -0.05) is 36.4 Å². The summed E-state index contributed by atoms with van der Waals surface area (Å²) >= 11 is 0. The quantitative estimate of drug-likeness (QED) is 0.538. The fourth-order valence-electron chi connectivity index (χ4n) is 2.62. The lowest BCUT2D eigenvalue weighted by Gasteiger charge is -2.09. The lowest BCUT2D eigenvalue weighted by Crippen LogP contribution is -2.25. The van der Waals surface area contributed by atoms with E-state index in [1.807, 2.05) is 6.07 Å². The van der Waals surface area contributed by atoms with Crippen LogP contribution in [0.3, 0.4) is 0 Å². The third-order valence-corrected chi connectivity index (χ3v) is 5.37. The van der Waals surface area contributed by atoms with Gasteiger partial charge in [-0.3, -0.25) is 9.59 Å². The van der Waals surface area contributed by atoms with Crippen LogP contribution in [0, 0.1) is 0 Å². The predicted molar refractivity (Wildman–Crippen MR) is 115 cm³/mol. The molecule has 0 radical (unpaired) electrons. The number of nitrogens with zero attached hydrogens (tertiary/aromatic N) is 2. The van der Waals surface area contributed by atoms with Crippen LogP contribution in [-0.4, -0.2) is 30.7 Å². The molecular formula is C21H20N4O4S. The molecule has 1 amide bonds. The van der Waals surface area contributed by atoms with Crippen LogP contribution in [0.5, 0.6) is 0 Å². The van der Waals surface area contributed by atoms with Crippen molar-refractivity contribution in [1.29, 1.82) is 0 Å².